The minimum absolute atomic E-state index is 0.0541. The Labute approximate surface area is 212 Å². The Balaban J connectivity index is 2.39. The molecule has 2 saturated heterocycles. The highest BCUT2D eigenvalue weighted by molar-refractivity contribution is 5.73. The monoisotopic (exact) mass is 501 g/mol. The lowest BCUT2D eigenvalue weighted by Crippen LogP contribution is -2.58. The summed E-state index contributed by atoms with van der Waals surface area (Å²) in [4.78, 5) is 15.0. The van der Waals surface area contributed by atoms with E-state index in [9.17, 15) is 20.1 Å². The summed E-state index contributed by atoms with van der Waals surface area (Å²) in [6, 6.07) is 0. The minimum Gasteiger partial charge on any atom is -0.459 e. The fourth-order valence-electron chi connectivity index (χ4n) is 6.28. The van der Waals surface area contributed by atoms with Crippen LogP contribution in [0.25, 0.3) is 0 Å². The average molecular weight is 502 g/mol. The van der Waals surface area contributed by atoms with Gasteiger partial charge in [0, 0.05) is 13.0 Å². The number of carbonyl (C=O) groups is 1. The van der Waals surface area contributed by atoms with E-state index in [1.54, 1.807) is 18.9 Å². The van der Waals surface area contributed by atoms with Crippen LogP contribution < -0.4 is 0 Å². The summed E-state index contributed by atoms with van der Waals surface area (Å²) in [6.45, 7) is 15.6. The van der Waals surface area contributed by atoms with Crippen molar-refractivity contribution in [3.05, 3.63) is 0 Å². The Kier molecular flexibility index (Phi) is 10.6. The number of likely N-dealkylation sites (N-methyl/N-ethyl adjacent to an activating group) is 1. The maximum absolute atomic E-state index is 13.4. The number of aliphatic hydroxyl groups is 3. The third kappa shape index (κ3) is 8.11. The molecule has 2 heterocycles. The summed E-state index contributed by atoms with van der Waals surface area (Å²) in [5, 5.41) is 33.5. The quantitative estimate of drug-likeness (QED) is 0.506. The van der Waals surface area contributed by atoms with Crippen molar-refractivity contribution in [3.8, 4) is 0 Å². The molecule has 2 fully saturated rings. The molecule has 2 aliphatic heterocycles. The van der Waals surface area contributed by atoms with Crippen LogP contribution >= 0.6 is 0 Å². The maximum Gasteiger partial charge on any atom is 0.311 e. The lowest BCUT2D eigenvalue weighted by atomic mass is 9.80. The van der Waals surface area contributed by atoms with Crippen LogP contribution in [0.3, 0.4) is 0 Å². The fourth-order valence-corrected chi connectivity index (χ4v) is 6.28. The fraction of sp³-hybridized carbons (Fsp3) is 0.963. The van der Waals surface area contributed by atoms with Crippen molar-refractivity contribution >= 4 is 5.97 Å². The Hall–Kier alpha value is -0.770. The van der Waals surface area contributed by atoms with Crippen LogP contribution in [0.5, 0.6) is 0 Å². The number of ether oxygens (including phenoxy) is 3. The van der Waals surface area contributed by atoms with Crippen LogP contribution in [0.2, 0.25) is 0 Å². The molecule has 8 nitrogen and oxygen atoms in total. The van der Waals surface area contributed by atoms with E-state index in [4.69, 9.17) is 14.2 Å². The molecular formula is C27H51NO7. The zero-order valence-corrected chi connectivity index (χ0v) is 23.4. The number of aliphatic hydroxyl groups excluding tert-OH is 1. The number of rotatable bonds is 3. The molecule has 0 aromatic heterocycles. The van der Waals surface area contributed by atoms with Crippen molar-refractivity contribution in [2.24, 2.45) is 23.7 Å². The zero-order valence-electron chi connectivity index (χ0n) is 23.4. The van der Waals surface area contributed by atoms with Crippen LogP contribution in [0.4, 0.5) is 0 Å². The van der Waals surface area contributed by atoms with E-state index >= 15 is 0 Å². The summed E-state index contributed by atoms with van der Waals surface area (Å²) >= 11 is 0. The molecule has 0 aromatic rings. The van der Waals surface area contributed by atoms with Gasteiger partial charge >= 0.3 is 5.97 Å². The molecule has 0 saturated carbocycles. The summed E-state index contributed by atoms with van der Waals surface area (Å²) in [5.74, 6) is -0.800. The zero-order chi connectivity index (χ0) is 26.7. The standard InChI is InChI=1S/C27H51NO7/c1-10-21-27(8,32)25(30)28(9)15-17(3)13-26(7,31)14-18(4)23(20(6)24(29)34-21)35-22-12-16(2)11-19(5)33-22/h16-23,25,30-32H,10-15H2,1-9H3/t16-,17-,18-,19+,20-,21-,22+,23+,25+,26-,27-/m1/s1. The SMILES string of the molecule is CC[C@H]1OC(=O)[C@H](C)[C@@H](O[C@H]2C[C@H](C)C[C@H](C)O2)[C@H](C)C[C@](C)(O)C[C@@H](C)CN(C)[C@@H](O)[C@]1(C)O. The number of hydrogen-bond donors (Lipinski definition) is 3. The highest BCUT2D eigenvalue weighted by atomic mass is 16.7. The first kappa shape index (κ1) is 30.5. The molecule has 206 valence electrons. The van der Waals surface area contributed by atoms with Crippen molar-refractivity contribution in [1.82, 2.24) is 4.90 Å². The summed E-state index contributed by atoms with van der Waals surface area (Å²) in [7, 11) is 1.73. The minimum atomic E-state index is -1.68. The van der Waals surface area contributed by atoms with Gasteiger partial charge in [-0.05, 0) is 78.2 Å². The van der Waals surface area contributed by atoms with Gasteiger partial charge in [-0.1, -0.05) is 27.7 Å². The van der Waals surface area contributed by atoms with Gasteiger partial charge in [-0.3, -0.25) is 9.69 Å². The largest absolute Gasteiger partial charge is 0.459 e. The molecule has 11 atom stereocenters. The van der Waals surface area contributed by atoms with Gasteiger partial charge in [-0.15, -0.1) is 0 Å². The number of carbonyl (C=O) groups excluding carboxylic acids is 1. The van der Waals surface area contributed by atoms with E-state index in [2.05, 4.69) is 6.92 Å². The molecule has 0 spiro atoms. The van der Waals surface area contributed by atoms with Gasteiger partial charge in [0.2, 0.25) is 0 Å². The third-order valence-corrected chi connectivity index (χ3v) is 7.82. The van der Waals surface area contributed by atoms with Gasteiger partial charge in [0.15, 0.2) is 6.29 Å². The Morgan fingerprint density at radius 1 is 1.06 bits per heavy atom. The van der Waals surface area contributed by atoms with E-state index in [-0.39, 0.29) is 17.9 Å². The number of cyclic esters (lactones) is 1. The van der Waals surface area contributed by atoms with Crippen LogP contribution in [0.15, 0.2) is 0 Å². The average Bonchev–Trinajstić information content (AvgIpc) is 2.71. The van der Waals surface area contributed by atoms with E-state index < -0.39 is 47.8 Å². The first-order chi connectivity index (χ1) is 16.1. The van der Waals surface area contributed by atoms with E-state index in [0.717, 1.165) is 12.8 Å². The van der Waals surface area contributed by atoms with Crippen LogP contribution in [-0.2, 0) is 19.0 Å². The topological polar surface area (TPSA) is 109 Å². The van der Waals surface area contributed by atoms with Crippen LogP contribution in [-0.4, -0.2) is 81.8 Å². The second kappa shape index (κ2) is 12.2. The molecule has 8 heteroatoms. The van der Waals surface area contributed by atoms with E-state index in [1.165, 1.54) is 6.92 Å². The summed E-state index contributed by atoms with van der Waals surface area (Å²) in [6.07, 6.45) is -0.0175. The first-order valence-electron chi connectivity index (χ1n) is 13.4. The molecule has 35 heavy (non-hydrogen) atoms. The van der Waals surface area contributed by atoms with E-state index in [1.807, 2.05) is 34.6 Å². The van der Waals surface area contributed by atoms with Crippen molar-refractivity contribution in [2.45, 2.75) is 130 Å². The van der Waals surface area contributed by atoms with Gasteiger partial charge in [-0.2, -0.15) is 0 Å². The normalized spacial score (nSPS) is 47.7. The molecular weight excluding hydrogens is 450 g/mol. The highest BCUT2D eigenvalue weighted by Crippen LogP contribution is 2.35. The van der Waals surface area contributed by atoms with E-state index in [0.29, 0.717) is 31.7 Å². The molecule has 3 N–H and O–H groups in total. The van der Waals surface area contributed by atoms with Crippen molar-refractivity contribution in [2.75, 3.05) is 13.6 Å². The lowest BCUT2D eigenvalue weighted by molar-refractivity contribution is -0.243. The smallest absolute Gasteiger partial charge is 0.311 e. The Morgan fingerprint density at radius 2 is 1.69 bits per heavy atom. The number of nitrogens with zero attached hydrogens (tertiary/aromatic N) is 1. The predicted octanol–water partition coefficient (Wildman–Crippen LogP) is 3.31. The summed E-state index contributed by atoms with van der Waals surface area (Å²) in [5.41, 5.74) is -2.67. The molecule has 0 amide bonds. The second-order valence-corrected chi connectivity index (χ2v) is 12.2. The number of hydrogen-bond acceptors (Lipinski definition) is 8. The molecule has 2 rings (SSSR count). The Morgan fingerprint density at radius 3 is 2.26 bits per heavy atom. The van der Waals surface area contributed by atoms with Crippen molar-refractivity contribution in [1.29, 1.82) is 0 Å². The molecule has 0 unspecified atom stereocenters. The van der Waals surface area contributed by atoms with Gasteiger partial charge in [-0.25, -0.2) is 0 Å². The first-order valence-corrected chi connectivity index (χ1v) is 13.4. The van der Waals surface area contributed by atoms with Gasteiger partial charge in [0.05, 0.1) is 23.7 Å². The highest BCUT2D eigenvalue weighted by Gasteiger charge is 2.45. The van der Waals surface area contributed by atoms with Gasteiger partial charge in [0.25, 0.3) is 0 Å². The lowest BCUT2D eigenvalue weighted by Gasteiger charge is -2.43. The third-order valence-electron chi connectivity index (χ3n) is 7.82. The molecule has 0 radical (unpaired) electrons. The molecule has 0 aliphatic carbocycles. The molecule has 2 aliphatic rings. The van der Waals surface area contributed by atoms with Crippen molar-refractivity contribution < 1.29 is 34.3 Å². The van der Waals surface area contributed by atoms with Crippen LogP contribution in [0.1, 0.15) is 87.5 Å². The summed E-state index contributed by atoms with van der Waals surface area (Å²) < 4.78 is 18.3. The molecule has 0 aromatic carbocycles. The van der Waals surface area contributed by atoms with Gasteiger partial charge in [0.1, 0.15) is 17.9 Å². The van der Waals surface area contributed by atoms with Crippen LogP contribution in [0, 0.1) is 23.7 Å². The van der Waals surface area contributed by atoms with Gasteiger partial charge < -0.3 is 29.5 Å². The second-order valence-electron chi connectivity index (χ2n) is 12.2. The molecule has 0 bridgehead atoms. The maximum atomic E-state index is 13.4. The van der Waals surface area contributed by atoms with Crippen molar-refractivity contribution in [3.63, 3.8) is 0 Å². The number of esters is 1. The predicted molar refractivity (Wildman–Crippen MR) is 134 cm³/mol. The Bertz CT molecular complexity index is 674.